The zero-order valence-electron chi connectivity index (χ0n) is 21.5. The summed E-state index contributed by atoms with van der Waals surface area (Å²) in [6, 6.07) is -0.821. The molecule has 0 aliphatic rings. The van der Waals surface area contributed by atoms with Gasteiger partial charge in [-0.15, -0.1) is 0 Å². The number of nitrogens with one attached hydrogen (secondary N) is 2. The Morgan fingerprint density at radius 1 is 0.707 bits per heavy atom. The van der Waals surface area contributed by atoms with Gasteiger partial charge in [0, 0.05) is 56.1 Å². The maximum atomic E-state index is 10.2. The van der Waals surface area contributed by atoms with Crippen molar-refractivity contribution in [2.24, 2.45) is 11.5 Å². The van der Waals surface area contributed by atoms with Crippen molar-refractivity contribution in [2.45, 2.75) is 55.8 Å². The number of rotatable bonds is 15. The molecule has 0 saturated carbocycles. The molecule has 20 nitrogen and oxygen atoms in total. The Kier molecular flexibility index (Phi) is 31.2. The van der Waals surface area contributed by atoms with Gasteiger partial charge >= 0.3 is 64.4 Å². The Labute approximate surface area is 269 Å². The molecule has 0 fully saturated rings. The Balaban J connectivity index is -0.000000108. The minimum Gasteiger partial charge on any atom is -0.550 e. The van der Waals surface area contributed by atoms with Crippen LogP contribution in [0, 0.1) is 5.41 Å². The van der Waals surface area contributed by atoms with Crippen LogP contribution >= 0.6 is 0 Å². The number of hydrogen-bond acceptors (Lipinski definition) is 17. The van der Waals surface area contributed by atoms with Gasteiger partial charge < -0.3 is 91.5 Å². The van der Waals surface area contributed by atoms with E-state index in [1.165, 1.54) is 0 Å². The number of nitrogens with two attached hydrogens (primary N) is 2. The minimum atomic E-state index is -2.97. The summed E-state index contributed by atoms with van der Waals surface area (Å²) >= 11 is 0. The molecule has 0 aliphatic carbocycles. The minimum absolute atomic E-state index is 0. The molecule has 0 aromatic heterocycles. The van der Waals surface area contributed by atoms with Crippen LogP contribution in [0.3, 0.4) is 0 Å². The summed E-state index contributed by atoms with van der Waals surface area (Å²) in [6.07, 6.45) is -4.46. The molecule has 1 unspecified atom stereocenters. The smallest absolute Gasteiger partial charge is 0.550 e. The second-order valence-electron chi connectivity index (χ2n) is 7.26. The van der Waals surface area contributed by atoms with Gasteiger partial charge in [-0.2, -0.15) is 0 Å². The van der Waals surface area contributed by atoms with Gasteiger partial charge in [0.15, 0.2) is 5.96 Å². The summed E-state index contributed by atoms with van der Waals surface area (Å²) in [7, 11) is 0. The Morgan fingerprint density at radius 3 is 1.15 bits per heavy atom. The van der Waals surface area contributed by atoms with E-state index >= 15 is 0 Å². The van der Waals surface area contributed by atoms with Crippen molar-refractivity contribution in [1.82, 2.24) is 5.32 Å². The predicted molar refractivity (Wildman–Crippen MR) is 103 cm³/mol. The molecule has 23 heteroatoms. The summed E-state index contributed by atoms with van der Waals surface area (Å²) in [5, 5.41) is 95.6. The molecule has 0 aliphatic heterocycles. The van der Waals surface area contributed by atoms with Crippen molar-refractivity contribution < 1.29 is 138 Å². The van der Waals surface area contributed by atoms with Crippen LogP contribution in [-0.4, -0.2) is 86.9 Å². The molecule has 0 aromatic rings. The average Bonchev–Trinajstić information content (AvgIpc) is 2.69. The third kappa shape index (κ3) is 28.6. The summed E-state index contributed by atoms with van der Waals surface area (Å²) < 4.78 is 0. The van der Waals surface area contributed by atoms with Crippen LogP contribution in [-0.2, 0) is 92.0 Å². The standard InChI is InChI=1S/C6H14N4O2.2C6H8O7.3Zn/c7-4(5(11)12)2-1-3-10-6(8)9;2*7-3(8)1-6(13,5(11)12)2-4(9)10;;;/h4H,1-3,7H2,(H,11,12)(H4,8,9,10);2*13H,1-2H2,(H,7,8)(H,9,10)(H,11,12);;;/q;;;3*+2/p-6. The van der Waals surface area contributed by atoms with Crippen molar-refractivity contribution in [1.29, 1.82) is 5.41 Å². The third-order valence-electron chi connectivity index (χ3n) is 3.83. The number of hydrogen-bond donors (Lipinski definition) is 7. The number of carboxylic acids is 7. The zero-order chi connectivity index (χ0) is 30.9. The van der Waals surface area contributed by atoms with Crippen LogP contribution in [0.4, 0.5) is 0 Å². The van der Waals surface area contributed by atoms with E-state index in [-0.39, 0.29) is 64.4 Å². The van der Waals surface area contributed by atoms with E-state index < -0.39 is 84.7 Å². The number of aliphatic carboxylic acids is 7. The normalized spacial score (nSPS) is 10.4. The first kappa shape index (κ1) is 51.1. The predicted octanol–water partition coefficient (Wildman–Crippen LogP) is -11.9. The summed E-state index contributed by atoms with van der Waals surface area (Å²) in [5.41, 5.74) is 4.27. The molecular formula is C18H24N4O16Zn3. The van der Waals surface area contributed by atoms with E-state index in [4.69, 9.17) is 32.2 Å². The molecule has 0 heterocycles. The fourth-order valence-corrected chi connectivity index (χ4v) is 2.04. The fourth-order valence-electron chi connectivity index (χ4n) is 2.04. The van der Waals surface area contributed by atoms with Gasteiger partial charge in [0.2, 0.25) is 0 Å². The van der Waals surface area contributed by atoms with E-state index in [0.717, 1.165) is 0 Å². The maximum absolute atomic E-state index is 10.2. The van der Waals surface area contributed by atoms with Crippen molar-refractivity contribution in [3.8, 4) is 0 Å². The molecule has 1 atom stereocenters. The van der Waals surface area contributed by atoms with Crippen LogP contribution in [0.25, 0.3) is 0 Å². The first-order valence-electron chi connectivity index (χ1n) is 9.83. The first-order valence-corrected chi connectivity index (χ1v) is 9.83. The molecule has 0 bridgehead atoms. The molecule has 0 rings (SSSR count). The Hall–Kier alpha value is -2.69. The number of guanidine groups is 1. The van der Waals surface area contributed by atoms with E-state index in [1.807, 2.05) is 0 Å². The van der Waals surface area contributed by atoms with E-state index in [1.54, 1.807) is 0 Å². The third-order valence-corrected chi connectivity index (χ3v) is 3.83. The maximum Gasteiger partial charge on any atom is 2.00 e. The van der Waals surface area contributed by atoms with Crippen LogP contribution in [0.5, 0.6) is 0 Å². The molecule has 41 heavy (non-hydrogen) atoms. The van der Waals surface area contributed by atoms with Crippen LogP contribution in [0.2, 0.25) is 0 Å². The topological polar surface area (TPSA) is 406 Å². The van der Waals surface area contributed by atoms with Gasteiger partial charge in [-0.3, -0.25) is 10.2 Å². The molecule has 218 valence electrons. The molecule has 0 amide bonds. The summed E-state index contributed by atoms with van der Waals surface area (Å²) in [5.74, 6) is -13.1. The van der Waals surface area contributed by atoms with Gasteiger partial charge in [0.25, 0.3) is 0 Å². The second-order valence-corrected chi connectivity index (χ2v) is 7.26. The number of carboxylic acid groups (broad SMARTS) is 7. The van der Waals surface area contributed by atoms with Crippen molar-refractivity contribution in [3.63, 3.8) is 0 Å². The van der Waals surface area contributed by atoms with E-state index in [2.05, 4.69) is 5.32 Å². The van der Waals surface area contributed by atoms with Crippen molar-refractivity contribution in [2.75, 3.05) is 6.54 Å². The molecule has 0 spiro atoms. The summed E-state index contributed by atoms with van der Waals surface area (Å²) in [6.45, 7) is 0.482. The van der Waals surface area contributed by atoms with Gasteiger partial charge in [-0.1, -0.05) is 0 Å². The molecule has 0 saturated heterocycles. The second kappa shape index (κ2) is 25.1. The summed E-state index contributed by atoms with van der Waals surface area (Å²) in [4.78, 5) is 70.2. The molecule has 0 aromatic carbocycles. The van der Waals surface area contributed by atoms with Gasteiger partial charge in [0.05, 0.1) is 11.9 Å². The first-order chi connectivity index (χ1) is 17.1. The Morgan fingerprint density at radius 2 is 0.976 bits per heavy atom. The monoisotopic (exact) mass is 744 g/mol. The molecular weight excluding hydrogens is 724 g/mol. The molecule has 9 N–H and O–H groups in total. The largest absolute Gasteiger partial charge is 2.00 e. The number of carbonyl (C=O) groups excluding carboxylic acids is 6. The van der Waals surface area contributed by atoms with Crippen LogP contribution < -0.4 is 47.4 Å². The average molecular weight is 749 g/mol. The van der Waals surface area contributed by atoms with Gasteiger partial charge in [-0.05, 0) is 12.8 Å². The van der Waals surface area contributed by atoms with Crippen molar-refractivity contribution >= 4 is 47.7 Å². The number of carbonyl (C=O) groups is 7. The van der Waals surface area contributed by atoms with Crippen LogP contribution in [0.1, 0.15) is 38.5 Å². The van der Waals surface area contributed by atoms with E-state index in [0.29, 0.717) is 19.4 Å². The fraction of sp³-hybridized carbons (Fsp3) is 0.556. The number of aliphatic hydroxyl groups is 2. The Bertz CT molecular complexity index is 821. The van der Waals surface area contributed by atoms with Gasteiger partial charge in [-0.25, -0.2) is 0 Å². The van der Waals surface area contributed by atoms with Crippen LogP contribution in [0.15, 0.2) is 0 Å². The quantitative estimate of drug-likeness (QED) is 0.0354. The van der Waals surface area contributed by atoms with Crippen molar-refractivity contribution in [3.05, 3.63) is 0 Å². The zero-order valence-corrected chi connectivity index (χ0v) is 30.4. The SMILES string of the molecule is N=C(N)NCCCC(N)C(=O)O.O=C([O-])CC(O)(CC(=O)[O-])C(=O)[O-].O=C([O-])CC(O)(CC(=O)[O-])C(=O)[O-].[Zn+2].[Zn+2].[Zn+2]. The van der Waals surface area contributed by atoms with Gasteiger partial charge in [0.1, 0.15) is 17.2 Å². The molecule has 0 radical (unpaired) electrons. The van der Waals surface area contributed by atoms with E-state index in [9.17, 15) is 64.2 Å².